The first-order chi connectivity index (χ1) is 11.5. The number of carbonyl (C=O) groups excluding carboxylic acids is 1. The van der Waals surface area contributed by atoms with Crippen LogP contribution in [-0.2, 0) is 11.2 Å². The van der Waals surface area contributed by atoms with Crippen LogP contribution >= 0.6 is 0 Å². The molecule has 134 valence electrons. The molecule has 1 aliphatic heterocycles. The molecule has 2 rings (SSSR count). The van der Waals surface area contributed by atoms with Gasteiger partial charge in [-0.1, -0.05) is 13.0 Å². The highest BCUT2D eigenvalue weighted by molar-refractivity contribution is 5.95. The molecule has 0 aromatic heterocycles. The number of nitrogens with zero attached hydrogens (tertiary/aromatic N) is 2. The average molecular weight is 336 g/mol. The van der Waals surface area contributed by atoms with Gasteiger partial charge in [0, 0.05) is 31.7 Å². The van der Waals surface area contributed by atoms with Crippen molar-refractivity contribution in [3.63, 3.8) is 0 Å². The van der Waals surface area contributed by atoms with Gasteiger partial charge in [-0.15, -0.1) is 0 Å². The third kappa shape index (κ3) is 5.28. The summed E-state index contributed by atoms with van der Waals surface area (Å²) < 4.78 is 19.2. The lowest BCUT2D eigenvalue weighted by Gasteiger charge is -2.23. The smallest absolute Gasteiger partial charge is 0.254 e. The first-order valence-electron chi connectivity index (χ1n) is 8.93. The van der Waals surface area contributed by atoms with Crippen molar-refractivity contribution in [3.8, 4) is 0 Å². The molecule has 1 saturated heterocycles. The van der Waals surface area contributed by atoms with Crippen molar-refractivity contribution in [2.75, 3.05) is 39.3 Å². The molecule has 0 unspecified atom stereocenters. The molecule has 0 atom stereocenters. The molecule has 0 spiro atoms. The average Bonchev–Trinajstić information content (AvgIpc) is 2.79. The maximum atomic E-state index is 13.6. The lowest BCUT2D eigenvalue weighted by atomic mass is 10.0. The lowest BCUT2D eigenvalue weighted by molar-refractivity contribution is 0.0592. The number of amides is 1. The molecule has 0 bridgehead atoms. The second kappa shape index (κ2) is 9.14. The topological polar surface area (TPSA) is 32.8 Å². The van der Waals surface area contributed by atoms with E-state index in [0.717, 1.165) is 51.2 Å². The van der Waals surface area contributed by atoms with Crippen molar-refractivity contribution in [3.05, 3.63) is 35.1 Å². The molecule has 1 fully saturated rings. The summed E-state index contributed by atoms with van der Waals surface area (Å²) in [5.74, 6) is -0.399. The summed E-state index contributed by atoms with van der Waals surface area (Å²) in [6.45, 7) is 10.9. The van der Waals surface area contributed by atoms with Gasteiger partial charge in [-0.3, -0.25) is 9.69 Å². The Hall–Kier alpha value is -1.46. The third-order valence-corrected chi connectivity index (χ3v) is 4.42. The standard InChI is InChI=1S/C19H29FN2O2/c1-4-16-6-7-17(20)14-18(16)19(23)22-9-5-8-21(10-11-22)12-13-24-15(2)3/h6-7,14-15H,4-5,8-13H2,1-3H3. The minimum Gasteiger partial charge on any atom is -0.377 e. The monoisotopic (exact) mass is 336 g/mol. The number of hydrogen-bond donors (Lipinski definition) is 0. The number of halogens is 1. The Morgan fingerprint density at radius 1 is 1.25 bits per heavy atom. The number of aryl methyl sites for hydroxylation is 1. The number of rotatable bonds is 6. The van der Waals surface area contributed by atoms with E-state index in [9.17, 15) is 9.18 Å². The molecular weight excluding hydrogens is 307 g/mol. The second-order valence-corrected chi connectivity index (χ2v) is 6.56. The van der Waals surface area contributed by atoms with Crippen LogP contribution < -0.4 is 0 Å². The first-order valence-corrected chi connectivity index (χ1v) is 8.93. The van der Waals surface area contributed by atoms with Crippen LogP contribution in [0.1, 0.15) is 43.1 Å². The molecule has 1 aromatic rings. The first kappa shape index (κ1) is 18.9. The highest BCUT2D eigenvalue weighted by atomic mass is 19.1. The molecule has 0 aliphatic carbocycles. The van der Waals surface area contributed by atoms with Crippen LogP contribution in [0.4, 0.5) is 4.39 Å². The van der Waals surface area contributed by atoms with Gasteiger partial charge < -0.3 is 9.64 Å². The Labute approximate surface area is 144 Å². The molecular formula is C19H29FN2O2. The van der Waals surface area contributed by atoms with Crippen molar-refractivity contribution in [2.45, 2.75) is 39.7 Å². The van der Waals surface area contributed by atoms with Crippen LogP contribution in [0.25, 0.3) is 0 Å². The van der Waals surface area contributed by atoms with E-state index in [-0.39, 0.29) is 17.8 Å². The normalized spacial score (nSPS) is 16.5. The molecule has 1 heterocycles. The van der Waals surface area contributed by atoms with Gasteiger partial charge in [0.25, 0.3) is 5.91 Å². The van der Waals surface area contributed by atoms with Crippen molar-refractivity contribution in [1.29, 1.82) is 0 Å². The van der Waals surface area contributed by atoms with E-state index in [4.69, 9.17) is 4.74 Å². The molecule has 4 nitrogen and oxygen atoms in total. The van der Waals surface area contributed by atoms with E-state index in [1.165, 1.54) is 12.1 Å². The van der Waals surface area contributed by atoms with Gasteiger partial charge in [0.2, 0.25) is 0 Å². The van der Waals surface area contributed by atoms with Gasteiger partial charge in [0.1, 0.15) is 5.82 Å². The van der Waals surface area contributed by atoms with Crippen LogP contribution in [0.15, 0.2) is 18.2 Å². The third-order valence-electron chi connectivity index (χ3n) is 4.42. The van der Waals surface area contributed by atoms with E-state index in [0.29, 0.717) is 12.1 Å². The van der Waals surface area contributed by atoms with Gasteiger partial charge >= 0.3 is 0 Å². The van der Waals surface area contributed by atoms with E-state index in [1.807, 2.05) is 25.7 Å². The summed E-state index contributed by atoms with van der Waals surface area (Å²) in [6, 6.07) is 4.52. The van der Waals surface area contributed by atoms with Crippen LogP contribution in [0.2, 0.25) is 0 Å². The largest absolute Gasteiger partial charge is 0.377 e. The fourth-order valence-electron chi connectivity index (χ4n) is 3.04. The van der Waals surface area contributed by atoms with E-state index in [1.54, 1.807) is 6.07 Å². The predicted molar refractivity (Wildman–Crippen MR) is 93.8 cm³/mol. The summed E-state index contributed by atoms with van der Waals surface area (Å²) in [4.78, 5) is 17.0. The number of carbonyl (C=O) groups is 1. The quantitative estimate of drug-likeness (QED) is 0.801. The zero-order valence-corrected chi connectivity index (χ0v) is 15.1. The van der Waals surface area contributed by atoms with Gasteiger partial charge in [0.15, 0.2) is 0 Å². The van der Waals surface area contributed by atoms with Gasteiger partial charge in [-0.05, 0) is 50.9 Å². The van der Waals surface area contributed by atoms with Crippen molar-refractivity contribution in [1.82, 2.24) is 9.80 Å². The molecule has 1 aromatic carbocycles. The summed E-state index contributed by atoms with van der Waals surface area (Å²) in [6.07, 6.45) is 1.91. The van der Waals surface area contributed by atoms with Gasteiger partial charge in [-0.25, -0.2) is 4.39 Å². The molecule has 1 amide bonds. The highest BCUT2D eigenvalue weighted by Crippen LogP contribution is 2.16. The van der Waals surface area contributed by atoms with E-state index >= 15 is 0 Å². The van der Waals surface area contributed by atoms with Crippen LogP contribution in [0, 0.1) is 5.82 Å². The van der Waals surface area contributed by atoms with Crippen molar-refractivity contribution >= 4 is 5.91 Å². The Bertz CT molecular complexity index is 548. The van der Waals surface area contributed by atoms with Crippen LogP contribution in [0.3, 0.4) is 0 Å². The molecule has 0 radical (unpaired) electrons. The summed E-state index contributed by atoms with van der Waals surface area (Å²) in [5, 5.41) is 0. The maximum absolute atomic E-state index is 13.6. The molecule has 5 heteroatoms. The van der Waals surface area contributed by atoms with Crippen LogP contribution in [0.5, 0.6) is 0 Å². The Kier molecular flexibility index (Phi) is 7.18. The van der Waals surface area contributed by atoms with Gasteiger partial charge in [-0.2, -0.15) is 0 Å². The SMILES string of the molecule is CCc1ccc(F)cc1C(=O)N1CCCN(CCOC(C)C)CC1. The molecule has 0 saturated carbocycles. The molecule has 0 N–H and O–H groups in total. The van der Waals surface area contributed by atoms with Gasteiger partial charge in [0.05, 0.1) is 12.7 Å². The Balaban J connectivity index is 1.96. The number of hydrogen-bond acceptors (Lipinski definition) is 3. The highest BCUT2D eigenvalue weighted by Gasteiger charge is 2.22. The summed E-state index contributed by atoms with van der Waals surface area (Å²) in [7, 11) is 0. The Morgan fingerprint density at radius 3 is 2.75 bits per heavy atom. The summed E-state index contributed by atoms with van der Waals surface area (Å²) >= 11 is 0. The fraction of sp³-hybridized carbons (Fsp3) is 0.632. The number of ether oxygens (including phenoxy) is 1. The predicted octanol–water partition coefficient (Wildman–Crippen LogP) is 2.96. The zero-order valence-electron chi connectivity index (χ0n) is 15.1. The fourth-order valence-corrected chi connectivity index (χ4v) is 3.04. The minimum atomic E-state index is -0.349. The van der Waals surface area contributed by atoms with Crippen molar-refractivity contribution < 1.29 is 13.9 Å². The number of benzene rings is 1. The second-order valence-electron chi connectivity index (χ2n) is 6.56. The molecule has 24 heavy (non-hydrogen) atoms. The van der Waals surface area contributed by atoms with E-state index in [2.05, 4.69) is 4.90 Å². The van der Waals surface area contributed by atoms with E-state index < -0.39 is 0 Å². The Morgan fingerprint density at radius 2 is 2.04 bits per heavy atom. The maximum Gasteiger partial charge on any atom is 0.254 e. The molecule has 1 aliphatic rings. The van der Waals surface area contributed by atoms with Crippen molar-refractivity contribution in [2.24, 2.45) is 0 Å². The lowest BCUT2D eigenvalue weighted by Crippen LogP contribution is -2.36. The summed E-state index contributed by atoms with van der Waals surface area (Å²) in [5.41, 5.74) is 1.42. The zero-order chi connectivity index (χ0) is 17.5. The van der Waals surface area contributed by atoms with Crippen LogP contribution in [-0.4, -0.2) is 61.1 Å². The minimum absolute atomic E-state index is 0.0494.